The van der Waals surface area contributed by atoms with Gasteiger partial charge in [-0.1, -0.05) is 0 Å². The number of ether oxygens (including phenoxy) is 2. The number of carbonyl (C=O) groups excluding carboxylic acids is 1. The highest BCUT2D eigenvalue weighted by Crippen LogP contribution is 2.06. The molecule has 0 aromatic carbocycles. The molecule has 1 N–H and O–H groups in total. The van der Waals surface area contributed by atoms with E-state index in [9.17, 15) is 4.79 Å². The first kappa shape index (κ1) is 9.73. The molecule has 2 heterocycles. The van der Waals surface area contributed by atoms with Crippen LogP contribution in [0.1, 0.15) is 6.42 Å². The van der Waals surface area contributed by atoms with Crippen molar-refractivity contribution in [2.45, 2.75) is 12.5 Å². The molecule has 5 heteroatoms. The van der Waals surface area contributed by atoms with E-state index in [1.807, 2.05) is 0 Å². The lowest BCUT2D eigenvalue weighted by Crippen LogP contribution is -2.51. The monoisotopic (exact) mass is 200 g/mol. The van der Waals surface area contributed by atoms with Gasteiger partial charge >= 0.3 is 6.09 Å². The van der Waals surface area contributed by atoms with Crippen LogP contribution in [0.4, 0.5) is 4.79 Å². The van der Waals surface area contributed by atoms with Crippen LogP contribution in [0.3, 0.4) is 0 Å². The van der Waals surface area contributed by atoms with Crippen molar-refractivity contribution in [3.63, 3.8) is 0 Å². The highest BCUT2D eigenvalue weighted by atomic mass is 16.6. The third-order valence-electron chi connectivity index (χ3n) is 2.50. The fourth-order valence-corrected chi connectivity index (χ4v) is 1.77. The average Bonchev–Trinajstić information content (AvgIpc) is 2.23. The van der Waals surface area contributed by atoms with Crippen LogP contribution < -0.4 is 5.32 Å². The number of rotatable bonds is 2. The van der Waals surface area contributed by atoms with E-state index in [1.54, 1.807) is 4.90 Å². The van der Waals surface area contributed by atoms with Crippen molar-refractivity contribution in [2.75, 3.05) is 39.5 Å². The van der Waals surface area contributed by atoms with E-state index in [0.29, 0.717) is 19.8 Å². The summed E-state index contributed by atoms with van der Waals surface area (Å²) in [5.41, 5.74) is 0. The van der Waals surface area contributed by atoms with Crippen molar-refractivity contribution in [3.8, 4) is 0 Å². The minimum atomic E-state index is -0.191. The highest BCUT2D eigenvalue weighted by molar-refractivity contribution is 5.68. The molecule has 0 saturated carbocycles. The predicted octanol–water partition coefficient (Wildman–Crippen LogP) is -0.183. The molecule has 80 valence electrons. The zero-order chi connectivity index (χ0) is 9.80. The summed E-state index contributed by atoms with van der Waals surface area (Å²) in [4.78, 5) is 13.0. The molecular weight excluding hydrogens is 184 g/mol. The fourth-order valence-electron chi connectivity index (χ4n) is 1.77. The maximum Gasteiger partial charge on any atom is 0.409 e. The molecule has 1 unspecified atom stereocenters. The summed E-state index contributed by atoms with van der Waals surface area (Å²) < 4.78 is 10.3. The molecule has 2 aliphatic heterocycles. The van der Waals surface area contributed by atoms with Gasteiger partial charge in [0.25, 0.3) is 0 Å². The van der Waals surface area contributed by atoms with Gasteiger partial charge in [0.1, 0.15) is 0 Å². The van der Waals surface area contributed by atoms with Crippen LogP contribution in [0.15, 0.2) is 0 Å². The van der Waals surface area contributed by atoms with E-state index in [-0.39, 0.29) is 12.1 Å². The van der Waals surface area contributed by atoms with Crippen molar-refractivity contribution >= 4 is 6.09 Å². The van der Waals surface area contributed by atoms with E-state index >= 15 is 0 Å². The Morgan fingerprint density at radius 3 is 3.14 bits per heavy atom. The minimum absolute atomic E-state index is 0.191. The van der Waals surface area contributed by atoms with Crippen LogP contribution in [-0.4, -0.2) is 56.5 Å². The lowest BCUT2D eigenvalue weighted by molar-refractivity contribution is 0.0405. The van der Waals surface area contributed by atoms with E-state index in [2.05, 4.69) is 5.32 Å². The Morgan fingerprint density at radius 1 is 1.50 bits per heavy atom. The first-order valence-electron chi connectivity index (χ1n) is 5.09. The molecule has 1 amide bonds. The minimum Gasteiger partial charge on any atom is -0.449 e. The molecule has 0 bridgehead atoms. The topological polar surface area (TPSA) is 50.8 Å². The van der Waals surface area contributed by atoms with Crippen LogP contribution >= 0.6 is 0 Å². The number of nitrogens with one attached hydrogen (secondary N) is 1. The van der Waals surface area contributed by atoms with E-state index in [1.165, 1.54) is 0 Å². The van der Waals surface area contributed by atoms with Crippen molar-refractivity contribution in [1.82, 2.24) is 10.2 Å². The molecule has 1 atom stereocenters. The molecule has 2 saturated heterocycles. The molecule has 0 spiro atoms. The van der Waals surface area contributed by atoms with Crippen molar-refractivity contribution in [3.05, 3.63) is 0 Å². The molecule has 2 aliphatic rings. The van der Waals surface area contributed by atoms with Gasteiger partial charge in [-0.15, -0.1) is 0 Å². The molecule has 5 nitrogen and oxygen atoms in total. The van der Waals surface area contributed by atoms with Crippen molar-refractivity contribution in [2.24, 2.45) is 0 Å². The van der Waals surface area contributed by atoms with E-state index in [0.717, 1.165) is 26.1 Å². The third-order valence-corrected chi connectivity index (χ3v) is 2.50. The Labute approximate surface area is 83.3 Å². The summed E-state index contributed by atoms with van der Waals surface area (Å²) in [6.07, 6.45) is 0.739. The van der Waals surface area contributed by atoms with Gasteiger partial charge in [-0.2, -0.15) is 0 Å². The van der Waals surface area contributed by atoms with Crippen LogP contribution in [0, 0.1) is 0 Å². The van der Waals surface area contributed by atoms with E-state index < -0.39 is 0 Å². The van der Waals surface area contributed by atoms with Gasteiger partial charge in [-0.25, -0.2) is 4.79 Å². The smallest absolute Gasteiger partial charge is 0.409 e. The second-order valence-corrected chi connectivity index (χ2v) is 3.64. The summed E-state index contributed by atoms with van der Waals surface area (Å²) in [5, 5.41) is 3.31. The van der Waals surface area contributed by atoms with Gasteiger partial charge in [-0.3, -0.25) is 0 Å². The van der Waals surface area contributed by atoms with Gasteiger partial charge in [0.05, 0.1) is 19.8 Å². The molecule has 14 heavy (non-hydrogen) atoms. The summed E-state index contributed by atoms with van der Waals surface area (Å²) in [5.74, 6) is 0. The standard InChI is InChI=1S/C9H16N2O3/c12-9-11(3-1-4-14-9)6-8-7-13-5-2-10-8/h8,10H,1-7H2. The average molecular weight is 200 g/mol. The molecule has 0 radical (unpaired) electrons. The van der Waals surface area contributed by atoms with Crippen LogP contribution in [-0.2, 0) is 9.47 Å². The predicted molar refractivity (Wildman–Crippen MR) is 50.1 cm³/mol. The van der Waals surface area contributed by atoms with Crippen LogP contribution in [0.5, 0.6) is 0 Å². The molecule has 2 rings (SSSR count). The zero-order valence-electron chi connectivity index (χ0n) is 8.20. The molecule has 0 aromatic rings. The first-order valence-corrected chi connectivity index (χ1v) is 5.09. The number of morpholine rings is 1. The summed E-state index contributed by atoms with van der Waals surface area (Å²) in [7, 11) is 0. The number of nitrogens with zero attached hydrogens (tertiary/aromatic N) is 1. The van der Waals surface area contributed by atoms with Crippen LogP contribution in [0.25, 0.3) is 0 Å². The van der Waals surface area contributed by atoms with Crippen molar-refractivity contribution in [1.29, 1.82) is 0 Å². The SMILES string of the molecule is O=C1OCCCN1CC1COCCN1. The Morgan fingerprint density at radius 2 is 2.43 bits per heavy atom. The summed E-state index contributed by atoms with van der Waals surface area (Å²) >= 11 is 0. The highest BCUT2D eigenvalue weighted by Gasteiger charge is 2.24. The molecule has 2 fully saturated rings. The third kappa shape index (κ3) is 2.36. The number of cyclic esters (lactones) is 1. The van der Waals surface area contributed by atoms with Gasteiger partial charge < -0.3 is 19.7 Å². The number of amides is 1. The van der Waals surface area contributed by atoms with Gasteiger partial charge in [0.2, 0.25) is 0 Å². The molecule has 0 aromatic heterocycles. The lowest BCUT2D eigenvalue weighted by atomic mass is 10.2. The number of hydrogen-bond acceptors (Lipinski definition) is 4. The summed E-state index contributed by atoms with van der Waals surface area (Å²) in [6, 6.07) is 0.259. The second-order valence-electron chi connectivity index (χ2n) is 3.64. The molecule has 0 aliphatic carbocycles. The fraction of sp³-hybridized carbons (Fsp3) is 0.889. The maximum atomic E-state index is 11.3. The first-order chi connectivity index (χ1) is 6.86. The number of carbonyl (C=O) groups is 1. The van der Waals surface area contributed by atoms with Gasteiger partial charge in [0.15, 0.2) is 0 Å². The van der Waals surface area contributed by atoms with Gasteiger partial charge in [-0.05, 0) is 6.42 Å². The Kier molecular flexibility index (Phi) is 3.21. The Hall–Kier alpha value is -0.810. The number of hydrogen-bond donors (Lipinski definition) is 1. The normalized spacial score (nSPS) is 28.7. The molecular formula is C9H16N2O3. The lowest BCUT2D eigenvalue weighted by Gasteiger charge is -2.32. The van der Waals surface area contributed by atoms with Crippen molar-refractivity contribution < 1.29 is 14.3 Å². The van der Waals surface area contributed by atoms with E-state index in [4.69, 9.17) is 9.47 Å². The zero-order valence-corrected chi connectivity index (χ0v) is 8.20. The van der Waals surface area contributed by atoms with Gasteiger partial charge in [0, 0.05) is 25.7 Å². The Balaban J connectivity index is 1.79. The largest absolute Gasteiger partial charge is 0.449 e. The quantitative estimate of drug-likeness (QED) is 0.671. The Bertz CT molecular complexity index is 204. The second kappa shape index (κ2) is 4.61. The van der Waals surface area contributed by atoms with Crippen LogP contribution in [0.2, 0.25) is 0 Å². The summed E-state index contributed by atoms with van der Waals surface area (Å²) in [6.45, 7) is 4.37. The maximum absolute atomic E-state index is 11.3.